The summed E-state index contributed by atoms with van der Waals surface area (Å²) < 4.78 is 15.8. The molecule has 2 aromatic carbocycles. The number of hydrogen-bond donors (Lipinski definition) is 4. The zero-order valence-electron chi connectivity index (χ0n) is 23.2. The van der Waals surface area contributed by atoms with E-state index in [4.69, 9.17) is 11.6 Å². The van der Waals surface area contributed by atoms with Crippen LogP contribution in [0.25, 0.3) is 0 Å². The molecule has 2 aliphatic carbocycles. The van der Waals surface area contributed by atoms with Gasteiger partial charge in [-0.15, -0.1) is 0 Å². The molecule has 1 saturated carbocycles. The summed E-state index contributed by atoms with van der Waals surface area (Å²) in [7, 11) is 0. The van der Waals surface area contributed by atoms with Crippen LogP contribution in [-0.4, -0.2) is 18.6 Å². The van der Waals surface area contributed by atoms with Crippen molar-refractivity contribution in [3.05, 3.63) is 107 Å². The Kier molecular flexibility index (Phi) is 9.93. The third kappa shape index (κ3) is 6.95. The first-order valence-electron chi connectivity index (χ1n) is 14.0. The predicted octanol–water partition coefficient (Wildman–Crippen LogP) is 7.94. The van der Waals surface area contributed by atoms with Crippen LogP contribution in [0.5, 0.6) is 0 Å². The summed E-state index contributed by atoms with van der Waals surface area (Å²) in [6.07, 6.45) is 12.4. The van der Waals surface area contributed by atoms with Gasteiger partial charge in [0.2, 0.25) is 0 Å². The quantitative estimate of drug-likeness (QED) is 0.283. The molecule has 0 radical (unpaired) electrons. The van der Waals surface area contributed by atoms with Crippen molar-refractivity contribution in [2.75, 3.05) is 23.7 Å². The molecule has 0 amide bonds. The lowest BCUT2D eigenvalue weighted by molar-refractivity contribution is 0.225. The van der Waals surface area contributed by atoms with E-state index in [9.17, 15) is 0 Å². The molecule has 6 heteroatoms. The van der Waals surface area contributed by atoms with Gasteiger partial charge in [-0.1, -0.05) is 66.9 Å². The van der Waals surface area contributed by atoms with Gasteiger partial charge in [0.25, 0.3) is 0 Å². The van der Waals surface area contributed by atoms with Crippen molar-refractivity contribution in [3.8, 4) is 0 Å². The molecule has 3 unspecified atom stereocenters. The van der Waals surface area contributed by atoms with Crippen molar-refractivity contribution in [1.29, 1.82) is 0 Å². The Labute approximate surface area is 238 Å². The molecule has 1 aliphatic heterocycles. The predicted molar refractivity (Wildman–Crippen MR) is 164 cm³/mol. The van der Waals surface area contributed by atoms with Crippen LogP contribution in [0.2, 0.25) is 0 Å². The molecule has 1 heterocycles. The van der Waals surface area contributed by atoms with Crippen molar-refractivity contribution in [1.82, 2.24) is 5.32 Å². The normalized spacial score (nSPS) is 23.9. The number of aryl methyl sites for hydroxylation is 2. The van der Waals surface area contributed by atoms with E-state index in [1.54, 1.807) is 0 Å². The molecular weight excluding hydrogens is 507 g/mol. The third-order valence-electron chi connectivity index (χ3n) is 8.43. The summed E-state index contributed by atoms with van der Waals surface area (Å²) in [6.45, 7) is 9.07. The van der Waals surface area contributed by atoms with Gasteiger partial charge in [0, 0.05) is 40.3 Å². The monoisotopic (exact) mass is 548 g/mol. The number of anilines is 2. The highest BCUT2D eigenvalue weighted by atomic mass is 35.5. The molecule has 208 valence electrons. The van der Waals surface area contributed by atoms with Gasteiger partial charge in [-0.3, -0.25) is 0 Å². The standard InChI is InChI=1S/C31H37ClFN3.C2H5N/c1-21-11-13-23(14-12-21)35-20-29(33)30-25(9-6-10-28(30)32)26-18-36-31(15-3-4-16-31)27(26)19-34-24-8-5-7-22(2)17-24;1-2-3/h5-8,10-14,17,20,25-27,34-36H,3-4,9,15-16,18-19H2,1-2H3;2H,1,3H2/b29-20-;. The van der Waals surface area contributed by atoms with E-state index in [0.29, 0.717) is 22.4 Å². The van der Waals surface area contributed by atoms with Gasteiger partial charge in [-0.2, -0.15) is 0 Å². The van der Waals surface area contributed by atoms with Gasteiger partial charge in [0.15, 0.2) is 0 Å². The van der Waals surface area contributed by atoms with Gasteiger partial charge in [0.1, 0.15) is 5.83 Å². The molecule has 0 bridgehead atoms. The van der Waals surface area contributed by atoms with Gasteiger partial charge >= 0.3 is 0 Å². The number of allylic oxidation sites excluding steroid dienone is 5. The maximum atomic E-state index is 15.8. The lowest BCUT2D eigenvalue weighted by Crippen LogP contribution is -2.45. The molecule has 2 aromatic rings. The maximum absolute atomic E-state index is 15.8. The molecule has 3 atom stereocenters. The molecule has 3 aliphatic rings. The highest BCUT2D eigenvalue weighted by Gasteiger charge is 2.52. The smallest absolute Gasteiger partial charge is 0.144 e. The van der Waals surface area contributed by atoms with Crippen LogP contribution in [0.4, 0.5) is 15.8 Å². The van der Waals surface area contributed by atoms with E-state index >= 15 is 4.39 Å². The fourth-order valence-electron chi connectivity index (χ4n) is 6.57. The van der Waals surface area contributed by atoms with E-state index in [1.165, 1.54) is 49.2 Å². The maximum Gasteiger partial charge on any atom is 0.144 e. The van der Waals surface area contributed by atoms with Crippen LogP contribution in [0, 0.1) is 31.6 Å². The highest BCUT2D eigenvalue weighted by molar-refractivity contribution is 6.32. The Morgan fingerprint density at radius 1 is 1.13 bits per heavy atom. The summed E-state index contributed by atoms with van der Waals surface area (Å²) in [5.41, 5.74) is 9.82. The Bertz CT molecular complexity index is 1210. The molecule has 39 heavy (non-hydrogen) atoms. The average molecular weight is 549 g/mol. The lowest BCUT2D eigenvalue weighted by atomic mass is 9.69. The first kappa shape index (κ1) is 29.0. The Hall–Kier alpha value is -3.02. The van der Waals surface area contributed by atoms with Crippen molar-refractivity contribution in [2.24, 2.45) is 23.5 Å². The molecule has 1 spiro atoms. The number of hydrogen-bond acceptors (Lipinski definition) is 4. The van der Waals surface area contributed by atoms with Gasteiger partial charge in [-0.05, 0) is 99.5 Å². The molecule has 5 N–H and O–H groups in total. The molecular formula is C33H42ClFN4. The van der Waals surface area contributed by atoms with Crippen LogP contribution in [-0.2, 0) is 0 Å². The summed E-state index contributed by atoms with van der Waals surface area (Å²) in [5, 5.41) is 11.3. The summed E-state index contributed by atoms with van der Waals surface area (Å²) in [4.78, 5) is 0. The fourth-order valence-corrected chi connectivity index (χ4v) is 6.89. The van der Waals surface area contributed by atoms with E-state index in [0.717, 1.165) is 30.9 Å². The minimum absolute atomic E-state index is 0.0374. The second kappa shape index (κ2) is 13.4. The zero-order chi connectivity index (χ0) is 27.8. The summed E-state index contributed by atoms with van der Waals surface area (Å²) in [6, 6.07) is 16.5. The Balaban J connectivity index is 0.00000112. The molecule has 1 saturated heterocycles. The van der Waals surface area contributed by atoms with Gasteiger partial charge < -0.3 is 21.7 Å². The largest absolute Gasteiger partial charge is 0.405 e. The van der Waals surface area contributed by atoms with Gasteiger partial charge in [-0.25, -0.2) is 4.39 Å². The van der Waals surface area contributed by atoms with Crippen molar-refractivity contribution < 1.29 is 4.39 Å². The molecule has 0 aromatic heterocycles. The first-order valence-corrected chi connectivity index (χ1v) is 14.4. The summed E-state index contributed by atoms with van der Waals surface area (Å²) >= 11 is 6.69. The van der Waals surface area contributed by atoms with E-state index in [1.807, 2.05) is 37.3 Å². The van der Waals surface area contributed by atoms with Crippen LogP contribution in [0.1, 0.15) is 43.2 Å². The summed E-state index contributed by atoms with van der Waals surface area (Å²) in [5.74, 6) is 0.463. The number of nitrogens with two attached hydrogens (primary N) is 1. The van der Waals surface area contributed by atoms with Crippen LogP contribution in [0.15, 0.2) is 96.1 Å². The SMILES string of the molecule is C=CN.Cc1ccc(N/C=C(\F)C2=C(Cl)C=CCC2C2CNC3(CCCC3)C2CNc2cccc(C)c2)cc1. The minimum atomic E-state index is -0.271. The van der Waals surface area contributed by atoms with Crippen molar-refractivity contribution in [3.63, 3.8) is 0 Å². The van der Waals surface area contributed by atoms with Crippen LogP contribution < -0.4 is 21.7 Å². The van der Waals surface area contributed by atoms with Crippen molar-refractivity contribution >= 4 is 23.0 Å². The lowest BCUT2D eigenvalue weighted by Gasteiger charge is -2.38. The third-order valence-corrected chi connectivity index (χ3v) is 8.76. The number of halogens is 2. The topological polar surface area (TPSA) is 62.1 Å². The second-order valence-corrected chi connectivity index (χ2v) is 11.4. The zero-order valence-corrected chi connectivity index (χ0v) is 23.9. The Morgan fingerprint density at radius 2 is 1.85 bits per heavy atom. The van der Waals surface area contributed by atoms with Crippen molar-refractivity contribution in [2.45, 2.75) is 51.5 Å². The Morgan fingerprint density at radius 3 is 2.54 bits per heavy atom. The fraction of sp³-hybridized carbons (Fsp3) is 0.394. The second-order valence-electron chi connectivity index (χ2n) is 11.0. The number of nitrogens with one attached hydrogen (secondary N) is 3. The number of rotatable bonds is 7. The average Bonchev–Trinajstić information content (AvgIpc) is 3.54. The van der Waals surface area contributed by atoms with E-state index < -0.39 is 0 Å². The number of benzene rings is 2. The molecule has 2 fully saturated rings. The highest BCUT2D eigenvalue weighted by Crippen LogP contribution is 2.50. The van der Waals surface area contributed by atoms with E-state index in [2.05, 4.69) is 65.5 Å². The minimum Gasteiger partial charge on any atom is -0.405 e. The van der Waals surface area contributed by atoms with Crippen LogP contribution >= 0.6 is 11.6 Å². The first-order chi connectivity index (χ1) is 18.9. The molecule has 4 nitrogen and oxygen atoms in total. The molecule has 5 rings (SSSR count). The van der Waals surface area contributed by atoms with E-state index in [-0.39, 0.29) is 17.3 Å². The van der Waals surface area contributed by atoms with Crippen LogP contribution in [0.3, 0.4) is 0 Å². The van der Waals surface area contributed by atoms with Gasteiger partial charge in [0.05, 0.1) is 0 Å².